The number of para-hydroxylation sites is 2. The third-order valence-corrected chi connectivity index (χ3v) is 5.00. The summed E-state index contributed by atoms with van der Waals surface area (Å²) in [5.41, 5.74) is 1.89. The Morgan fingerprint density at radius 3 is 2.71 bits per heavy atom. The highest BCUT2D eigenvalue weighted by Crippen LogP contribution is 2.24. The van der Waals surface area contributed by atoms with Crippen LogP contribution in [0.25, 0.3) is 11.0 Å². The second-order valence-electron chi connectivity index (χ2n) is 5.67. The van der Waals surface area contributed by atoms with Crippen molar-refractivity contribution in [2.75, 3.05) is 31.6 Å². The summed E-state index contributed by atoms with van der Waals surface area (Å²) in [6.07, 6.45) is 3.69. The molecule has 0 amide bonds. The van der Waals surface area contributed by atoms with Crippen molar-refractivity contribution < 1.29 is 4.21 Å². The first-order valence-electron chi connectivity index (χ1n) is 7.37. The van der Waals surface area contributed by atoms with Crippen LogP contribution in [0.2, 0.25) is 0 Å². The quantitative estimate of drug-likeness (QED) is 0.927. The lowest BCUT2D eigenvalue weighted by Crippen LogP contribution is -2.38. The Bertz CT molecular complexity index is 698. The van der Waals surface area contributed by atoms with Gasteiger partial charge in [-0.3, -0.25) is 8.78 Å². The first kappa shape index (κ1) is 14.5. The summed E-state index contributed by atoms with van der Waals surface area (Å²) in [6, 6.07) is 8.11. The van der Waals surface area contributed by atoms with Crippen LogP contribution in [0.1, 0.15) is 18.9 Å². The zero-order chi connectivity index (χ0) is 14.8. The number of piperidine rings is 1. The predicted octanol–water partition coefficient (Wildman–Crippen LogP) is 1.34. The average Bonchev–Trinajstić information content (AvgIpc) is 2.81. The van der Waals surface area contributed by atoms with E-state index in [1.807, 2.05) is 28.8 Å². The molecule has 1 aliphatic heterocycles. The van der Waals surface area contributed by atoms with Crippen LogP contribution in [0.15, 0.2) is 29.1 Å². The fraction of sp³-hybridized carbons (Fsp3) is 0.533. The lowest BCUT2D eigenvalue weighted by atomic mass is 10.0. The number of benzene rings is 1. The summed E-state index contributed by atoms with van der Waals surface area (Å²) < 4.78 is 13.1. The molecule has 0 saturated carbocycles. The fourth-order valence-corrected chi connectivity index (χ4v) is 3.61. The highest BCUT2D eigenvalue weighted by atomic mass is 32.2. The summed E-state index contributed by atoms with van der Waals surface area (Å²) >= 11 is 0. The topological polar surface area (TPSA) is 58.1 Å². The molecule has 0 spiro atoms. The van der Waals surface area contributed by atoms with Crippen LogP contribution in [0.4, 0.5) is 0 Å². The molecule has 1 aromatic heterocycles. The van der Waals surface area contributed by atoms with E-state index in [1.165, 1.54) is 0 Å². The molecule has 1 N–H and O–H groups in total. The van der Waals surface area contributed by atoms with Crippen LogP contribution in [0.3, 0.4) is 0 Å². The predicted molar refractivity (Wildman–Crippen MR) is 86.2 cm³/mol. The van der Waals surface area contributed by atoms with Crippen molar-refractivity contribution in [1.29, 1.82) is 0 Å². The summed E-state index contributed by atoms with van der Waals surface area (Å²) in [7, 11) is -0.730. The van der Waals surface area contributed by atoms with E-state index in [1.54, 1.807) is 6.26 Å². The van der Waals surface area contributed by atoms with E-state index < -0.39 is 10.8 Å². The minimum Gasteiger partial charge on any atom is -0.306 e. The van der Waals surface area contributed by atoms with Gasteiger partial charge in [0.05, 0.1) is 11.0 Å². The fourth-order valence-electron chi connectivity index (χ4n) is 3.10. The third kappa shape index (κ3) is 3.11. The molecule has 1 fully saturated rings. The van der Waals surface area contributed by atoms with Crippen LogP contribution in [-0.4, -0.2) is 50.3 Å². The van der Waals surface area contributed by atoms with Crippen LogP contribution in [-0.2, 0) is 10.8 Å². The number of nitrogens with zero attached hydrogens (tertiary/aromatic N) is 2. The zero-order valence-corrected chi connectivity index (χ0v) is 13.1. The van der Waals surface area contributed by atoms with Gasteiger partial charge in [0.25, 0.3) is 0 Å². The molecule has 1 aliphatic rings. The smallest absolute Gasteiger partial charge is 0.306 e. The maximum absolute atomic E-state index is 12.2. The van der Waals surface area contributed by atoms with E-state index in [0.717, 1.165) is 49.3 Å². The van der Waals surface area contributed by atoms with Gasteiger partial charge in [-0.2, -0.15) is 0 Å². The summed E-state index contributed by atoms with van der Waals surface area (Å²) in [5, 5.41) is 0. The van der Waals surface area contributed by atoms with E-state index in [2.05, 4.69) is 9.88 Å². The van der Waals surface area contributed by atoms with Gasteiger partial charge in [0.2, 0.25) is 0 Å². The molecule has 1 unspecified atom stereocenters. The molecule has 21 heavy (non-hydrogen) atoms. The normalized spacial score (nSPS) is 19.1. The minimum atomic E-state index is -0.730. The van der Waals surface area contributed by atoms with Gasteiger partial charge < -0.3 is 9.88 Å². The van der Waals surface area contributed by atoms with Crippen molar-refractivity contribution in [3.63, 3.8) is 0 Å². The molecule has 0 bridgehead atoms. The molecule has 0 radical (unpaired) electrons. The van der Waals surface area contributed by atoms with Gasteiger partial charge in [0, 0.05) is 48.5 Å². The highest BCUT2D eigenvalue weighted by Gasteiger charge is 2.23. The van der Waals surface area contributed by atoms with Gasteiger partial charge in [0.1, 0.15) is 0 Å². The Labute approximate surface area is 126 Å². The molecule has 0 aliphatic carbocycles. The Kier molecular flexibility index (Phi) is 4.26. The number of fused-ring (bicyclic) bond motifs is 1. The molecule has 1 saturated heterocycles. The third-order valence-electron chi connectivity index (χ3n) is 4.24. The van der Waals surface area contributed by atoms with E-state index in [0.29, 0.717) is 0 Å². The standard InChI is InChI=1S/C15H21N3O2S/c1-21(20)11-10-17-8-6-12(7-9-17)18-14-5-3-2-4-13(14)16-15(18)19/h2-5,12H,6-11H2,1H3,(H,16,19). The van der Waals surface area contributed by atoms with E-state index in [4.69, 9.17) is 0 Å². The summed E-state index contributed by atoms with van der Waals surface area (Å²) in [6.45, 7) is 2.82. The average molecular weight is 307 g/mol. The molecule has 2 aromatic rings. The second-order valence-corrected chi connectivity index (χ2v) is 7.22. The van der Waals surface area contributed by atoms with E-state index in [-0.39, 0.29) is 11.7 Å². The molecule has 1 atom stereocenters. The summed E-state index contributed by atoms with van der Waals surface area (Å²) in [4.78, 5) is 17.5. The lowest BCUT2D eigenvalue weighted by Gasteiger charge is -2.32. The van der Waals surface area contributed by atoms with Crippen LogP contribution in [0.5, 0.6) is 0 Å². The molecule has 1 aromatic carbocycles. The maximum atomic E-state index is 12.2. The number of likely N-dealkylation sites (tertiary alicyclic amines) is 1. The lowest BCUT2D eigenvalue weighted by molar-refractivity contribution is 0.196. The monoisotopic (exact) mass is 307 g/mol. The Morgan fingerprint density at radius 1 is 1.29 bits per heavy atom. The number of hydrogen-bond acceptors (Lipinski definition) is 3. The van der Waals surface area contributed by atoms with Crippen LogP contribution < -0.4 is 5.69 Å². The maximum Gasteiger partial charge on any atom is 0.326 e. The first-order chi connectivity index (χ1) is 10.1. The number of aromatic nitrogens is 2. The number of H-pyrrole nitrogens is 1. The van der Waals surface area contributed by atoms with Crippen molar-refractivity contribution in [3.05, 3.63) is 34.7 Å². The second kappa shape index (κ2) is 6.15. The van der Waals surface area contributed by atoms with Crippen molar-refractivity contribution in [1.82, 2.24) is 14.5 Å². The number of hydrogen-bond donors (Lipinski definition) is 1. The Hall–Kier alpha value is -1.40. The Morgan fingerprint density at radius 2 is 2.00 bits per heavy atom. The number of aromatic amines is 1. The van der Waals surface area contributed by atoms with Crippen molar-refractivity contribution in [2.24, 2.45) is 0 Å². The summed E-state index contributed by atoms with van der Waals surface area (Å²) in [5.74, 6) is 0.734. The molecular weight excluding hydrogens is 286 g/mol. The number of rotatable bonds is 4. The molecular formula is C15H21N3O2S. The number of imidazole rings is 1. The van der Waals surface area contributed by atoms with Gasteiger partial charge in [0.15, 0.2) is 0 Å². The van der Waals surface area contributed by atoms with Gasteiger partial charge in [-0.1, -0.05) is 12.1 Å². The van der Waals surface area contributed by atoms with Crippen molar-refractivity contribution in [3.8, 4) is 0 Å². The zero-order valence-electron chi connectivity index (χ0n) is 12.2. The van der Waals surface area contributed by atoms with Gasteiger partial charge in [-0.05, 0) is 25.0 Å². The largest absolute Gasteiger partial charge is 0.326 e. The minimum absolute atomic E-state index is 0.00990. The molecule has 3 rings (SSSR count). The Balaban J connectivity index is 1.73. The van der Waals surface area contributed by atoms with Crippen LogP contribution >= 0.6 is 0 Å². The molecule has 2 heterocycles. The first-order valence-corrected chi connectivity index (χ1v) is 9.09. The van der Waals surface area contributed by atoms with Gasteiger partial charge >= 0.3 is 5.69 Å². The van der Waals surface area contributed by atoms with Gasteiger partial charge in [-0.25, -0.2) is 4.79 Å². The highest BCUT2D eigenvalue weighted by molar-refractivity contribution is 7.84. The van der Waals surface area contributed by atoms with Gasteiger partial charge in [-0.15, -0.1) is 0 Å². The van der Waals surface area contributed by atoms with Crippen LogP contribution in [0, 0.1) is 0 Å². The van der Waals surface area contributed by atoms with Crippen molar-refractivity contribution >= 4 is 21.8 Å². The molecule has 114 valence electrons. The number of nitrogens with one attached hydrogen (secondary N) is 1. The van der Waals surface area contributed by atoms with Crippen molar-refractivity contribution in [2.45, 2.75) is 18.9 Å². The SMILES string of the molecule is CS(=O)CCN1CCC(n2c(=O)[nH]c3ccccc32)CC1. The molecule has 5 nitrogen and oxygen atoms in total. The van der Waals surface area contributed by atoms with E-state index in [9.17, 15) is 9.00 Å². The van der Waals surface area contributed by atoms with E-state index >= 15 is 0 Å². The molecule has 6 heteroatoms.